The van der Waals surface area contributed by atoms with Gasteiger partial charge in [0, 0.05) is 0 Å². The van der Waals surface area contributed by atoms with Crippen LogP contribution in [0.5, 0.6) is 0 Å². The second-order valence-electron chi connectivity index (χ2n) is 4.97. The molecule has 1 atom stereocenters. The van der Waals surface area contributed by atoms with Crippen molar-refractivity contribution in [1.82, 2.24) is 0 Å². The molecule has 0 bridgehead atoms. The van der Waals surface area contributed by atoms with Crippen molar-refractivity contribution < 1.29 is 14.6 Å². The molecule has 0 radical (unpaired) electrons. The highest BCUT2D eigenvalue weighted by atomic mass is 16.5. The first kappa shape index (κ1) is 14.4. The van der Waals surface area contributed by atoms with Gasteiger partial charge in [-0.3, -0.25) is 0 Å². The molecular weight excluding hydrogens is 192 g/mol. The number of hydrogen-bond acceptors (Lipinski definition) is 2. The quantitative estimate of drug-likeness (QED) is 0.741. The highest BCUT2D eigenvalue weighted by Gasteiger charge is 2.40. The Hall–Kier alpha value is -0.570. The normalized spacial score (nSPS) is 16.1. The molecule has 0 saturated carbocycles. The fourth-order valence-corrected chi connectivity index (χ4v) is 1.65. The molecule has 0 aliphatic heterocycles. The third kappa shape index (κ3) is 4.65. The zero-order valence-electron chi connectivity index (χ0n) is 10.6. The second-order valence-corrected chi connectivity index (χ2v) is 4.97. The number of rotatable bonds is 6. The van der Waals surface area contributed by atoms with Crippen molar-refractivity contribution in [3.05, 3.63) is 0 Å². The second kappa shape index (κ2) is 5.50. The van der Waals surface area contributed by atoms with Gasteiger partial charge in [0.05, 0.1) is 5.60 Å². The summed E-state index contributed by atoms with van der Waals surface area (Å²) < 4.78 is 5.74. The zero-order chi connectivity index (χ0) is 12.1. The monoisotopic (exact) mass is 216 g/mol. The van der Waals surface area contributed by atoms with Crippen molar-refractivity contribution in [3.8, 4) is 0 Å². The van der Waals surface area contributed by atoms with Gasteiger partial charge in [0.2, 0.25) is 0 Å². The van der Waals surface area contributed by atoms with E-state index in [1.807, 2.05) is 27.7 Å². The minimum atomic E-state index is -1.01. The van der Waals surface area contributed by atoms with Gasteiger partial charge in [-0.25, -0.2) is 4.79 Å². The van der Waals surface area contributed by atoms with Crippen LogP contribution >= 0.6 is 0 Å². The summed E-state index contributed by atoms with van der Waals surface area (Å²) in [7, 11) is 0. The Kier molecular flexibility index (Phi) is 5.29. The molecule has 0 aromatic heterocycles. The molecule has 0 heterocycles. The first-order valence-electron chi connectivity index (χ1n) is 5.71. The van der Waals surface area contributed by atoms with E-state index in [-0.39, 0.29) is 0 Å². The molecule has 1 unspecified atom stereocenters. The average molecular weight is 216 g/mol. The van der Waals surface area contributed by atoms with Crippen LogP contribution < -0.4 is 0 Å². The van der Waals surface area contributed by atoms with E-state index in [1.165, 1.54) is 0 Å². The molecule has 0 aliphatic carbocycles. The Bertz CT molecular complexity index is 205. The summed E-state index contributed by atoms with van der Waals surface area (Å²) in [5.74, 6) is -0.839. The average Bonchev–Trinajstić information content (AvgIpc) is 2.10. The van der Waals surface area contributed by atoms with Crippen molar-refractivity contribution in [3.63, 3.8) is 0 Å². The lowest BCUT2D eigenvalue weighted by atomic mass is 9.92. The van der Waals surface area contributed by atoms with Gasteiger partial charge in [0.15, 0.2) is 5.60 Å². The van der Waals surface area contributed by atoms with Crippen LogP contribution in [0.3, 0.4) is 0 Å². The predicted molar refractivity (Wildman–Crippen MR) is 61.0 cm³/mol. The van der Waals surface area contributed by atoms with Crippen molar-refractivity contribution in [2.24, 2.45) is 0 Å². The van der Waals surface area contributed by atoms with E-state index < -0.39 is 17.2 Å². The van der Waals surface area contributed by atoms with Crippen LogP contribution in [0, 0.1) is 0 Å². The minimum absolute atomic E-state index is 0.415. The molecule has 0 spiro atoms. The largest absolute Gasteiger partial charge is 0.479 e. The lowest BCUT2D eigenvalue weighted by Gasteiger charge is -2.35. The maximum Gasteiger partial charge on any atom is 0.335 e. The fraction of sp³-hybridized carbons (Fsp3) is 0.917. The summed E-state index contributed by atoms with van der Waals surface area (Å²) >= 11 is 0. The Balaban J connectivity index is 4.73. The molecule has 3 heteroatoms. The number of carbonyl (C=O) groups is 1. The van der Waals surface area contributed by atoms with E-state index >= 15 is 0 Å². The Labute approximate surface area is 92.8 Å². The van der Waals surface area contributed by atoms with E-state index in [1.54, 1.807) is 0 Å². The molecule has 0 fully saturated rings. The standard InChI is InChI=1S/C12H24O3/c1-6-8-9-12(7-2,10(13)14)15-11(3,4)5/h6-9H2,1-5H3,(H,13,14). The predicted octanol–water partition coefficient (Wildman–Crippen LogP) is 3.23. The fourth-order valence-electron chi connectivity index (χ4n) is 1.65. The van der Waals surface area contributed by atoms with Gasteiger partial charge >= 0.3 is 5.97 Å². The SMILES string of the molecule is CCCCC(CC)(OC(C)(C)C)C(=O)O. The number of unbranched alkanes of at least 4 members (excludes halogenated alkanes) is 1. The highest BCUT2D eigenvalue weighted by Crippen LogP contribution is 2.29. The van der Waals surface area contributed by atoms with E-state index in [9.17, 15) is 9.90 Å². The third-order valence-electron chi connectivity index (χ3n) is 2.40. The molecule has 90 valence electrons. The Morgan fingerprint density at radius 3 is 2.07 bits per heavy atom. The van der Waals surface area contributed by atoms with E-state index in [0.717, 1.165) is 12.8 Å². The van der Waals surface area contributed by atoms with Crippen LogP contribution in [0.2, 0.25) is 0 Å². The number of aliphatic carboxylic acids is 1. The summed E-state index contributed by atoms with van der Waals surface area (Å²) in [5.41, 5.74) is -1.42. The molecule has 0 aromatic rings. The molecule has 1 N–H and O–H groups in total. The summed E-state index contributed by atoms with van der Waals surface area (Å²) in [6.07, 6.45) is 2.98. The molecule has 0 rings (SSSR count). The zero-order valence-corrected chi connectivity index (χ0v) is 10.6. The maximum absolute atomic E-state index is 11.3. The van der Waals surface area contributed by atoms with E-state index in [4.69, 9.17) is 4.74 Å². The summed E-state index contributed by atoms with van der Waals surface area (Å²) in [5, 5.41) is 9.29. The smallest absolute Gasteiger partial charge is 0.335 e. The topological polar surface area (TPSA) is 46.5 Å². The first-order chi connectivity index (χ1) is 6.77. The summed E-state index contributed by atoms with van der Waals surface area (Å²) in [6.45, 7) is 9.61. The van der Waals surface area contributed by atoms with Gasteiger partial charge in [-0.1, -0.05) is 26.7 Å². The summed E-state index contributed by atoms with van der Waals surface area (Å²) in [6, 6.07) is 0. The number of carboxylic acid groups (broad SMARTS) is 1. The van der Waals surface area contributed by atoms with Crippen molar-refractivity contribution in [1.29, 1.82) is 0 Å². The van der Waals surface area contributed by atoms with Crippen LogP contribution in [0.4, 0.5) is 0 Å². The van der Waals surface area contributed by atoms with Gasteiger partial charge in [-0.2, -0.15) is 0 Å². The van der Waals surface area contributed by atoms with Gasteiger partial charge in [-0.05, 0) is 33.6 Å². The number of ether oxygens (including phenoxy) is 1. The van der Waals surface area contributed by atoms with Gasteiger partial charge in [0.25, 0.3) is 0 Å². The molecule has 0 saturated heterocycles. The minimum Gasteiger partial charge on any atom is -0.479 e. The lowest BCUT2D eigenvalue weighted by molar-refractivity contribution is -0.187. The molecular formula is C12H24O3. The van der Waals surface area contributed by atoms with Crippen molar-refractivity contribution in [2.75, 3.05) is 0 Å². The molecule has 0 aliphatic rings. The van der Waals surface area contributed by atoms with Crippen molar-refractivity contribution in [2.45, 2.75) is 71.5 Å². The highest BCUT2D eigenvalue weighted by molar-refractivity contribution is 5.77. The van der Waals surface area contributed by atoms with Gasteiger partial charge < -0.3 is 9.84 Å². The molecule has 0 amide bonds. The Morgan fingerprint density at radius 1 is 1.27 bits per heavy atom. The number of carboxylic acids is 1. The van der Waals surface area contributed by atoms with Crippen LogP contribution in [0.1, 0.15) is 60.3 Å². The lowest BCUT2D eigenvalue weighted by Crippen LogP contribution is -2.46. The summed E-state index contributed by atoms with van der Waals surface area (Å²) in [4.78, 5) is 11.3. The van der Waals surface area contributed by atoms with E-state index in [0.29, 0.717) is 12.8 Å². The maximum atomic E-state index is 11.3. The van der Waals surface area contributed by atoms with Crippen LogP contribution in [0.15, 0.2) is 0 Å². The van der Waals surface area contributed by atoms with Crippen molar-refractivity contribution >= 4 is 5.97 Å². The Morgan fingerprint density at radius 2 is 1.80 bits per heavy atom. The molecule has 15 heavy (non-hydrogen) atoms. The van der Waals surface area contributed by atoms with Gasteiger partial charge in [-0.15, -0.1) is 0 Å². The van der Waals surface area contributed by atoms with Crippen LogP contribution in [-0.4, -0.2) is 22.3 Å². The third-order valence-corrected chi connectivity index (χ3v) is 2.40. The first-order valence-corrected chi connectivity index (χ1v) is 5.71. The number of hydrogen-bond donors (Lipinski definition) is 1. The van der Waals surface area contributed by atoms with Gasteiger partial charge in [0.1, 0.15) is 0 Å². The van der Waals surface area contributed by atoms with Crippen LogP contribution in [-0.2, 0) is 9.53 Å². The van der Waals surface area contributed by atoms with Crippen LogP contribution in [0.25, 0.3) is 0 Å². The van der Waals surface area contributed by atoms with E-state index in [2.05, 4.69) is 6.92 Å². The molecule has 0 aromatic carbocycles. The molecule has 3 nitrogen and oxygen atoms in total.